The summed E-state index contributed by atoms with van der Waals surface area (Å²) >= 11 is 0. The summed E-state index contributed by atoms with van der Waals surface area (Å²) in [4.78, 5) is 14.1. The summed E-state index contributed by atoms with van der Waals surface area (Å²) in [5.41, 5.74) is 1.17. The lowest BCUT2D eigenvalue weighted by molar-refractivity contribution is 0.339. The summed E-state index contributed by atoms with van der Waals surface area (Å²) < 4.78 is 0. The number of nitrogens with one attached hydrogen (secondary N) is 1. The van der Waals surface area contributed by atoms with Crippen molar-refractivity contribution in [3.63, 3.8) is 0 Å². The van der Waals surface area contributed by atoms with Gasteiger partial charge in [0, 0.05) is 19.5 Å². The second-order valence-corrected chi connectivity index (χ2v) is 5.60. The van der Waals surface area contributed by atoms with Crippen LogP contribution >= 0.6 is 0 Å². The summed E-state index contributed by atoms with van der Waals surface area (Å²) in [7, 11) is 2.00. The SMILES string of the molecule is CN1C=CC=NC1c1cnc(C=CC(C)(C)C)[nH]1. The smallest absolute Gasteiger partial charge is 0.162 e. The molecule has 1 aromatic rings. The number of hydrogen-bond acceptors (Lipinski definition) is 3. The summed E-state index contributed by atoms with van der Waals surface area (Å²) in [5, 5.41) is 0. The molecule has 4 nitrogen and oxygen atoms in total. The molecule has 18 heavy (non-hydrogen) atoms. The fourth-order valence-corrected chi connectivity index (χ4v) is 1.69. The van der Waals surface area contributed by atoms with E-state index in [-0.39, 0.29) is 11.6 Å². The molecule has 0 aliphatic carbocycles. The number of rotatable bonds is 2. The number of hydrogen-bond donors (Lipinski definition) is 1. The first-order valence-electron chi connectivity index (χ1n) is 6.12. The van der Waals surface area contributed by atoms with Gasteiger partial charge in [0.2, 0.25) is 0 Å². The van der Waals surface area contributed by atoms with Gasteiger partial charge >= 0.3 is 0 Å². The molecule has 1 aromatic heterocycles. The number of H-pyrrole nitrogens is 1. The molecule has 1 aliphatic heterocycles. The minimum atomic E-state index is -0.000660. The zero-order valence-corrected chi connectivity index (χ0v) is 11.4. The Labute approximate surface area is 108 Å². The molecule has 0 fully saturated rings. The van der Waals surface area contributed by atoms with Crippen molar-refractivity contribution in [2.45, 2.75) is 26.9 Å². The Morgan fingerprint density at radius 3 is 2.83 bits per heavy atom. The van der Waals surface area contributed by atoms with Crippen LogP contribution in [-0.4, -0.2) is 28.1 Å². The first-order chi connectivity index (χ1) is 8.46. The quantitative estimate of drug-likeness (QED) is 0.869. The van der Waals surface area contributed by atoms with Gasteiger partial charge in [-0.3, -0.25) is 4.99 Å². The fraction of sp³-hybridized carbons (Fsp3) is 0.429. The highest BCUT2D eigenvalue weighted by Gasteiger charge is 2.16. The number of nitrogens with zero attached hydrogens (tertiary/aromatic N) is 3. The maximum atomic E-state index is 4.42. The molecular weight excluding hydrogens is 224 g/mol. The molecule has 4 heteroatoms. The second-order valence-electron chi connectivity index (χ2n) is 5.60. The van der Waals surface area contributed by atoms with E-state index in [0.29, 0.717) is 0 Å². The van der Waals surface area contributed by atoms with Crippen LogP contribution in [0.15, 0.2) is 29.5 Å². The molecule has 0 saturated heterocycles. The molecule has 0 bridgehead atoms. The van der Waals surface area contributed by atoms with E-state index in [1.54, 1.807) is 0 Å². The van der Waals surface area contributed by atoms with Crippen molar-refractivity contribution >= 4 is 12.3 Å². The van der Waals surface area contributed by atoms with Gasteiger partial charge in [0.15, 0.2) is 6.17 Å². The van der Waals surface area contributed by atoms with E-state index in [0.717, 1.165) is 11.5 Å². The Kier molecular flexibility index (Phi) is 3.36. The Morgan fingerprint density at radius 1 is 1.39 bits per heavy atom. The molecule has 0 aromatic carbocycles. The van der Waals surface area contributed by atoms with Gasteiger partial charge in [-0.15, -0.1) is 0 Å². The van der Waals surface area contributed by atoms with Crippen molar-refractivity contribution in [2.75, 3.05) is 7.05 Å². The fourth-order valence-electron chi connectivity index (χ4n) is 1.69. The summed E-state index contributed by atoms with van der Waals surface area (Å²) in [6.07, 6.45) is 11.8. The van der Waals surface area contributed by atoms with Crippen molar-refractivity contribution in [3.8, 4) is 0 Å². The third kappa shape index (κ3) is 3.09. The third-order valence-corrected chi connectivity index (χ3v) is 2.65. The molecule has 1 atom stereocenters. The lowest BCUT2D eigenvalue weighted by Gasteiger charge is -2.23. The van der Waals surface area contributed by atoms with Crippen LogP contribution in [0.5, 0.6) is 0 Å². The number of imidazole rings is 1. The normalized spacial score (nSPS) is 20.0. The number of allylic oxidation sites excluding steroid dienone is 2. The second kappa shape index (κ2) is 4.80. The van der Waals surface area contributed by atoms with Gasteiger partial charge in [-0.05, 0) is 17.6 Å². The van der Waals surface area contributed by atoms with Crippen molar-refractivity contribution in [2.24, 2.45) is 10.4 Å². The first kappa shape index (κ1) is 12.6. The Balaban J connectivity index is 2.13. The molecule has 0 saturated carbocycles. The number of aromatic nitrogens is 2. The van der Waals surface area contributed by atoms with Gasteiger partial charge in [-0.1, -0.05) is 26.8 Å². The Bertz CT molecular complexity index is 488. The Hall–Kier alpha value is -1.84. The van der Waals surface area contributed by atoms with E-state index in [1.807, 2.05) is 42.7 Å². The van der Waals surface area contributed by atoms with Gasteiger partial charge in [0.1, 0.15) is 5.82 Å². The summed E-state index contributed by atoms with van der Waals surface area (Å²) in [6, 6.07) is 0. The predicted molar refractivity (Wildman–Crippen MR) is 75.2 cm³/mol. The molecule has 2 rings (SSSR count). The minimum Gasteiger partial charge on any atom is -0.354 e. The lowest BCUT2D eigenvalue weighted by Crippen LogP contribution is -2.19. The van der Waals surface area contributed by atoms with Gasteiger partial charge in [-0.25, -0.2) is 4.98 Å². The van der Waals surface area contributed by atoms with Gasteiger partial charge in [0.25, 0.3) is 0 Å². The molecular formula is C14H20N4. The van der Waals surface area contributed by atoms with Crippen LogP contribution in [0, 0.1) is 5.41 Å². The van der Waals surface area contributed by atoms with Crippen molar-refractivity contribution in [1.82, 2.24) is 14.9 Å². The molecule has 96 valence electrons. The number of aliphatic imine (C=N–C) groups is 1. The van der Waals surface area contributed by atoms with Crippen LogP contribution in [0.2, 0.25) is 0 Å². The van der Waals surface area contributed by atoms with Crippen molar-refractivity contribution in [3.05, 3.63) is 36.1 Å². The molecule has 0 radical (unpaired) electrons. The van der Waals surface area contributed by atoms with E-state index in [1.165, 1.54) is 0 Å². The largest absolute Gasteiger partial charge is 0.354 e. The zero-order chi connectivity index (χ0) is 13.2. The average Bonchev–Trinajstić information content (AvgIpc) is 2.75. The predicted octanol–water partition coefficient (Wildman–Crippen LogP) is 3.00. The van der Waals surface area contributed by atoms with Gasteiger partial charge < -0.3 is 9.88 Å². The van der Waals surface area contributed by atoms with Crippen LogP contribution in [0.3, 0.4) is 0 Å². The van der Waals surface area contributed by atoms with E-state index < -0.39 is 0 Å². The molecule has 2 heterocycles. The summed E-state index contributed by atoms with van der Waals surface area (Å²) in [5.74, 6) is 0.873. The zero-order valence-electron chi connectivity index (χ0n) is 11.4. The molecule has 0 spiro atoms. The van der Waals surface area contributed by atoms with Crippen LogP contribution in [0.25, 0.3) is 6.08 Å². The van der Waals surface area contributed by atoms with E-state index in [4.69, 9.17) is 0 Å². The van der Waals surface area contributed by atoms with E-state index in [9.17, 15) is 0 Å². The van der Waals surface area contributed by atoms with Crippen molar-refractivity contribution in [1.29, 1.82) is 0 Å². The number of aromatic amines is 1. The third-order valence-electron chi connectivity index (χ3n) is 2.65. The van der Waals surface area contributed by atoms with Crippen LogP contribution in [-0.2, 0) is 0 Å². The van der Waals surface area contributed by atoms with Gasteiger partial charge in [-0.2, -0.15) is 0 Å². The Morgan fingerprint density at radius 2 is 2.17 bits per heavy atom. The minimum absolute atomic E-state index is 0.000660. The van der Waals surface area contributed by atoms with E-state index in [2.05, 4.69) is 41.8 Å². The van der Waals surface area contributed by atoms with Crippen molar-refractivity contribution < 1.29 is 0 Å². The highest BCUT2D eigenvalue weighted by Crippen LogP contribution is 2.22. The maximum absolute atomic E-state index is 4.42. The van der Waals surface area contributed by atoms with Crippen LogP contribution in [0.1, 0.15) is 38.5 Å². The summed E-state index contributed by atoms with van der Waals surface area (Å²) in [6.45, 7) is 6.49. The molecule has 1 aliphatic rings. The topological polar surface area (TPSA) is 44.3 Å². The average molecular weight is 244 g/mol. The monoisotopic (exact) mass is 244 g/mol. The highest BCUT2D eigenvalue weighted by molar-refractivity contribution is 5.72. The standard InChI is InChI=1S/C14H20N4/c1-14(2,3)7-6-12-16-10-11(17-12)13-15-8-5-9-18(13)4/h5-10,13H,1-4H3,(H,16,17). The lowest BCUT2D eigenvalue weighted by atomic mass is 9.96. The molecule has 0 amide bonds. The van der Waals surface area contributed by atoms with Crippen LogP contribution < -0.4 is 0 Å². The maximum Gasteiger partial charge on any atom is 0.162 e. The van der Waals surface area contributed by atoms with E-state index >= 15 is 0 Å². The molecule has 1 N–H and O–H groups in total. The molecule has 1 unspecified atom stereocenters. The first-order valence-corrected chi connectivity index (χ1v) is 6.12. The highest BCUT2D eigenvalue weighted by atomic mass is 15.2. The van der Waals surface area contributed by atoms with Gasteiger partial charge in [0.05, 0.1) is 11.9 Å². The van der Waals surface area contributed by atoms with Crippen LogP contribution in [0.4, 0.5) is 0 Å².